The fourth-order valence-corrected chi connectivity index (χ4v) is 2.16. The zero-order chi connectivity index (χ0) is 14.5. The van der Waals surface area contributed by atoms with Gasteiger partial charge in [0.05, 0.1) is 12.0 Å². The van der Waals surface area contributed by atoms with Crippen molar-refractivity contribution < 1.29 is 9.53 Å². The van der Waals surface area contributed by atoms with Crippen molar-refractivity contribution in [1.29, 1.82) is 0 Å². The van der Waals surface area contributed by atoms with E-state index in [2.05, 4.69) is 0 Å². The quantitative estimate of drug-likeness (QED) is 0.845. The van der Waals surface area contributed by atoms with Crippen LogP contribution in [0.2, 0.25) is 0 Å². The van der Waals surface area contributed by atoms with Crippen molar-refractivity contribution in [2.75, 3.05) is 27.3 Å². The molecule has 0 aliphatic carbocycles. The molecule has 1 aromatic carbocycles. The monoisotopic (exact) mass is 264 g/mol. The molecule has 106 valence electrons. The van der Waals surface area contributed by atoms with E-state index >= 15 is 0 Å². The van der Waals surface area contributed by atoms with Crippen molar-refractivity contribution in [3.05, 3.63) is 35.9 Å². The standard InChI is InChI=1S/C15H24N2O2/c1-15(2,12-8-6-5-7-9-12)14(18)17(3)10-13(16)11-19-4/h5-9,13H,10-11,16H2,1-4H3. The third-order valence-electron chi connectivity index (χ3n) is 3.27. The number of benzene rings is 1. The van der Waals surface area contributed by atoms with Gasteiger partial charge in [0.1, 0.15) is 0 Å². The molecule has 19 heavy (non-hydrogen) atoms. The summed E-state index contributed by atoms with van der Waals surface area (Å²) < 4.78 is 4.99. The topological polar surface area (TPSA) is 55.6 Å². The fraction of sp³-hybridized carbons (Fsp3) is 0.533. The van der Waals surface area contributed by atoms with Gasteiger partial charge in [0, 0.05) is 26.7 Å². The summed E-state index contributed by atoms with van der Waals surface area (Å²) in [6, 6.07) is 9.62. The van der Waals surface area contributed by atoms with Gasteiger partial charge in [0.25, 0.3) is 0 Å². The van der Waals surface area contributed by atoms with Gasteiger partial charge in [-0.2, -0.15) is 0 Å². The molecule has 4 heteroatoms. The second kappa shape index (κ2) is 6.68. The van der Waals surface area contributed by atoms with Crippen LogP contribution in [0.15, 0.2) is 30.3 Å². The highest BCUT2D eigenvalue weighted by molar-refractivity contribution is 5.87. The second-order valence-corrected chi connectivity index (χ2v) is 5.39. The van der Waals surface area contributed by atoms with Crippen LogP contribution in [0.3, 0.4) is 0 Å². The maximum absolute atomic E-state index is 12.5. The Morgan fingerprint density at radius 2 is 1.95 bits per heavy atom. The molecule has 0 spiro atoms. The van der Waals surface area contributed by atoms with Crippen LogP contribution in [0, 0.1) is 0 Å². The minimum Gasteiger partial charge on any atom is -0.383 e. The van der Waals surface area contributed by atoms with E-state index in [0.29, 0.717) is 13.2 Å². The van der Waals surface area contributed by atoms with E-state index in [4.69, 9.17) is 10.5 Å². The summed E-state index contributed by atoms with van der Waals surface area (Å²) in [6.45, 7) is 4.80. The summed E-state index contributed by atoms with van der Waals surface area (Å²) in [7, 11) is 3.39. The first-order valence-corrected chi connectivity index (χ1v) is 6.45. The van der Waals surface area contributed by atoms with E-state index < -0.39 is 5.41 Å². The molecule has 0 aliphatic rings. The first-order chi connectivity index (χ1) is 8.89. The lowest BCUT2D eigenvalue weighted by Gasteiger charge is -2.31. The molecular formula is C15H24N2O2. The molecule has 0 fully saturated rings. The van der Waals surface area contributed by atoms with Gasteiger partial charge < -0.3 is 15.4 Å². The smallest absolute Gasteiger partial charge is 0.232 e. The largest absolute Gasteiger partial charge is 0.383 e. The molecule has 1 aromatic rings. The van der Waals surface area contributed by atoms with Crippen LogP contribution in [-0.4, -0.2) is 44.2 Å². The Morgan fingerprint density at radius 1 is 1.37 bits per heavy atom. The van der Waals surface area contributed by atoms with Gasteiger partial charge >= 0.3 is 0 Å². The summed E-state index contributed by atoms with van der Waals surface area (Å²) in [5, 5.41) is 0. The van der Waals surface area contributed by atoms with E-state index in [1.165, 1.54) is 0 Å². The molecule has 1 rings (SSSR count). The average molecular weight is 264 g/mol. The highest BCUT2D eigenvalue weighted by Crippen LogP contribution is 2.25. The maximum atomic E-state index is 12.5. The molecule has 0 saturated heterocycles. The molecule has 4 nitrogen and oxygen atoms in total. The van der Waals surface area contributed by atoms with E-state index in [1.54, 1.807) is 19.1 Å². The van der Waals surface area contributed by atoms with Crippen molar-refractivity contribution in [2.24, 2.45) is 5.73 Å². The number of likely N-dealkylation sites (N-methyl/N-ethyl adjacent to an activating group) is 1. The van der Waals surface area contributed by atoms with Crippen molar-refractivity contribution in [2.45, 2.75) is 25.3 Å². The number of amides is 1. The molecule has 2 N–H and O–H groups in total. The Morgan fingerprint density at radius 3 is 2.47 bits per heavy atom. The summed E-state index contributed by atoms with van der Waals surface area (Å²) in [4.78, 5) is 14.2. The van der Waals surface area contributed by atoms with E-state index in [-0.39, 0.29) is 11.9 Å². The van der Waals surface area contributed by atoms with Crippen LogP contribution in [0.25, 0.3) is 0 Å². The maximum Gasteiger partial charge on any atom is 0.232 e. The predicted molar refractivity (Wildman–Crippen MR) is 77.0 cm³/mol. The van der Waals surface area contributed by atoms with Gasteiger partial charge in [-0.15, -0.1) is 0 Å². The minimum absolute atomic E-state index is 0.0604. The molecule has 0 aromatic heterocycles. The Hall–Kier alpha value is -1.39. The van der Waals surface area contributed by atoms with Gasteiger partial charge in [0.2, 0.25) is 5.91 Å². The fourth-order valence-electron chi connectivity index (χ4n) is 2.16. The van der Waals surface area contributed by atoms with Gasteiger partial charge in [-0.05, 0) is 19.4 Å². The lowest BCUT2D eigenvalue weighted by Crippen LogP contribution is -2.47. The molecule has 1 unspecified atom stereocenters. The Balaban J connectivity index is 2.75. The van der Waals surface area contributed by atoms with Crippen LogP contribution in [-0.2, 0) is 14.9 Å². The Kier molecular flexibility index (Phi) is 5.51. The summed E-state index contributed by atoms with van der Waals surface area (Å²) in [5.74, 6) is 0.0604. The van der Waals surface area contributed by atoms with Crippen molar-refractivity contribution in [3.8, 4) is 0 Å². The number of nitrogens with zero attached hydrogens (tertiary/aromatic N) is 1. The number of carbonyl (C=O) groups is 1. The van der Waals surface area contributed by atoms with Crippen LogP contribution in [0.1, 0.15) is 19.4 Å². The zero-order valence-corrected chi connectivity index (χ0v) is 12.2. The number of nitrogens with two attached hydrogens (primary N) is 1. The van der Waals surface area contributed by atoms with Crippen LogP contribution in [0.5, 0.6) is 0 Å². The summed E-state index contributed by atoms with van der Waals surface area (Å²) >= 11 is 0. The van der Waals surface area contributed by atoms with Gasteiger partial charge in [-0.3, -0.25) is 4.79 Å². The first kappa shape index (κ1) is 15.7. The number of methoxy groups -OCH3 is 1. The molecule has 1 atom stereocenters. The molecule has 0 heterocycles. The Labute approximate surface area is 115 Å². The first-order valence-electron chi connectivity index (χ1n) is 6.45. The van der Waals surface area contributed by atoms with Crippen molar-refractivity contribution >= 4 is 5.91 Å². The SMILES string of the molecule is COCC(N)CN(C)C(=O)C(C)(C)c1ccccc1. The molecule has 0 bridgehead atoms. The summed E-state index contributed by atoms with van der Waals surface area (Å²) in [6.07, 6.45) is 0. The van der Waals surface area contributed by atoms with Gasteiger partial charge in [0.15, 0.2) is 0 Å². The third-order valence-corrected chi connectivity index (χ3v) is 3.27. The Bertz CT molecular complexity index is 404. The number of hydrogen-bond donors (Lipinski definition) is 1. The minimum atomic E-state index is -0.553. The van der Waals surface area contributed by atoms with E-state index in [1.807, 2.05) is 44.2 Å². The number of ether oxygens (including phenoxy) is 1. The van der Waals surface area contributed by atoms with Crippen LogP contribution < -0.4 is 5.73 Å². The normalized spacial score (nSPS) is 13.1. The number of rotatable bonds is 6. The highest BCUT2D eigenvalue weighted by Gasteiger charge is 2.32. The van der Waals surface area contributed by atoms with Gasteiger partial charge in [-0.25, -0.2) is 0 Å². The van der Waals surface area contributed by atoms with E-state index in [0.717, 1.165) is 5.56 Å². The van der Waals surface area contributed by atoms with Gasteiger partial charge in [-0.1, -0.05) is 30.3 Å². The number of hydrogen-bond acceptors (Lipinski definition) is 3. The zero-order valence-electron chi connectivity index (χ0n) is 12.2. The van der Waals surface area contributed by atoms with Crippen molar-refractivity contribution in [3.63, 3.8) is 0 Å². The van der Waals surface area contributed by atoms with Crippen LogP contribution in [0.4, 0.5) is 0 Å². The summed E-state index contributed by atoms with van der Waals surface area (Å²) in [5.41, 5.74) is 6.34. The molecule has 0 aliphatic heterocycles. The highest BCUT2D eigenvalue weighted by atomic mass is 16.5. The van der Waals surface area contributed by atoms with Crippen molar-refractivity contribution in [1.82, 2.24) is 4.90 Å². The molecule has 0 radical (unpaired) electrons. The molecule has 0 saturated carbocycles. The molecular weight excluding hydrogens is 240 g/mol. The predicted octanol–water partition coefficient (Wildman–Crippen LogP) is 1.40. The molecule has 1 amide bonds. The number of carbonyl (C=O) groups excluding carboxylic acids is 1. The third kappa shape index (κ3) is 4.04. The van der Waals surface area contributed by atoms with Crippen LogP contribution >= 0.6 is 0 Å². The van der Waals surface area contributed by atoms with E-state index in [9.17, 15) is 4.79 Å². The lowest BCUT2D eigenvalue weighted by atomic mass is 9.83. The lowest BCUT2D eigenvalue weighted by molar-refractivity contribution is -0.135. The average Bonchev–Trinajstić information content (AvgIpc) is 2.39. The second-order valence-electron chi connectivity index (χ2n) is 5.39.